The summed E-state index contributed by atoms with van der Waals surface area (Å²) in [6, 6.07) is 0. The average molecular weight is 142 g/mol. The van der Waals surface area contributed by atoms with Gasteiger partial charge in [-0.1, -0.05) is 26.2 Å². The van der Waals surface area contributed by atoms with Gasteiger partial charge in [0.05, 0.1) is 0 Å². The summed E-state index contributed by atoms with van der Waals surface area (Å²) in [5.41, 5.74) is 0. The molecule has 0 aliphatic heterocycles. The summed E-state index contributed by atoms with van der Waals surface area (Å²) < 4.78 is 0. The van der Waals surface area contributed by atoms with Crippen molar-refractivity contribution in [2.45, 2.75) is 32.6 Å². The lowest BCUT2D eigenvalue weighted by Gasteiger charge is -1.92. The highest BCUT2D eigenvalue weighted by Gasteiger charge is 1.86. The number of nitrogens with zero attached hydrogens (tertiary/aromatic N) is 1. The Morgan fingerprint density at radius 1 is 1.56 bits per heavy atom. The summed E-state index contributed by atoms with van der Waals surface area (Å²) >= 11 is 1.24. The lowest BCUT2D eigenvalue weighted by atomic mass is 10.2. The summed E-state index contributed by atoms with van der Waals surface area (Å²) in [6.07, 6.45) is 4.84. The van der Waals surface area contributed by atoms with Crippen molar-refractivity contribution < 1.29 is 0 Å². The first-order chi connectivity index (χ1) is 4.41. The van der Waals surface area contributed by atoms with Crippen LogP contribution in [0.1, 0.15) is 32.6 Å². The minimum Gasteiger partial charge on any atom is -0.185 e. The van der Waals surface area contributed by atoms with Crippen molar-refractivity contribution in [1.82, 2.24) is 0 Å². The Morgan fingerprint density at radius 3 is 2.89 bits per heavy atom. The van der Waals surface area contributed by atoms with E-state index in [0.29, 0.717) is 0 Å². The number of nitriles is 1. The highest BCUT2D eigenvalue weighted by atomic mass is 32.2. The first-order valence-electron chi connectivity index (χ1n) is 3.28. The predicted molar refractivity (Wildman–Crippen MR) is 41.6 cm³/mol. The molecule has 51 valence electrons. The van der Waals surface area contributed by atoms with Crippen LogP contribution < -0.4 is 0 Å². The molecule has 0 N–H and O–H groups in total. The molecule has 1 nitrogen and oxygen atoms in total. The molecule has 0 saturated heterocycles. The molecule has 2 heteroatoms. The van der Waals surface area contributed by atoms with Gasteiger partial charge in [-0.3, -0.25) is 0 Å². The molecule has 0 amide bonds. The van der Waals surface area contributed by atoms with Gasteiger partial charge in [-0.25, -0.2) is 0 Å². The van der Waals surface area contributed by atoms with Crippen LogP contribution in [0.25, 0.3) is 0 Å². The largest absolute Gasteiger partial charge is 0.185 e. The standard InChI is InChI=1S/C7H12NS/c1-2-3-4-5-6-9-7-8/h6H,2-5H2,1H3. The Kier molecular flexibility index (Phi) is 7.70. The van der Waals surface area contributed by atoms with Gasteiger partial charge in [0.1, 0.15) is 5.40 Å². The third-order valence-corrected chi connectivity index (χ3v) is 1.57. The molecule has 0 aromatic rings. The zero-order valence-corrected chi connectivity index (χ0v) is 6.58. The number of thiocyanates is 1. The Bertz CT molecular complexity index is 85.4. The molecule has 0 atom stereocenters. The monoisotopic (exact) mass is 142 g/mol. The van der Waals surface area contributed by atoms with Gasteiger partial charge in [0.2, 0.25) is 0 Å². The summed E-state index contributed by atoms with van der Waals surface area (Å²) in [5, 5.41) is 10.1. The van der Waals surface area contributed by atoms with Crippen molar-refractivity contribution in [2.24, 2.45) is 0 Å². The molecule has 1 radical (unpaired) electrons. The topological polar surface area (TPSA) is 23.8 Å². The van der Waals surface area contributed by atoms with E-state index in [9.17, 15) is 0 Å². The van der Waals surface area contributed by atoms with E-state index in [1.165, 1.54) is 31.0 Å². The van der Waals surface area contributed by atoms with Gasteiger partial charge < -0.3 is 0 Å². The number of thioether (sulfide) groups is 1. The maximum atomic E-state index is 8.10. The van der Waals surface area contributed by atoms with E-state index in [1.807, 2.05) is 11.2 Å². The fourth-order valence-corrected chi connectivity index (χ4v) is 0.933. The van der Waals surface area contributed by atoms with Gasteiger partial charge in [-0.15, -0.1) is 0 Å². The Hall–Kier alpha value is -0.160. The summed E-state index contributed by atoms with van der Waals surface area (Å²) in [5.74, 6) is 1.97. The van der Waals surface area contributed by atoms with Crippen LogP contribution in [0.2, 0.25) is 0 Å². The molecule has 0 fully saturated rings. The van der Waals surface area contributed by atoms with Crippen molar-refractivity contribution in [3.63, 3.8) is 0 Å². The molecule has 9 heavy (non-hydrogen) atoms. The normalized spacial score (nSPS) is 8.89. The smallest absolute Gasteiger partial charge is 0.133 e. The van der Waals surface area contributed by atoms with Crippen LogP contribution in [0.5, 0.6) is 0 Å². The average Bonchev–Trinajstić information content (AvgIpc) is 1.89. The SMILES string of the molecule is CCCCC[CH]SC#N. The van der Waals surface area contributed by atoms with Crippen LogP contribution in [0, 0.1) is 16.4 Å². The maximum absolute atomic E-state index is 8.10. The molecule has 0 aromatic heterocycles. The van der Waals surface area contributed by atoms with Gasteiger partial charge in [0, 0.05) is 5.75 Å². The molecule has 0 bridgehead atoms. The molecule has 0 aromatic carbocycles. The van der Waals surface area contributed by atoms with Crippen LogP contribution in [0.4, 0.5) is 0 Å². The third-order valence-electron chi connectivity index (χ3n) is 1.06. The second kappa shape index (κ2) is 7.84. The second-order valence-electron chi connectivity index (χ2n) is 1.87. The molecule has 0 rings (SSSR count). The van der Waals surface area contributed by atoms with E-state index in [2.05, 4.69) is 6.92 Å². The van der Waals surface area contributed by atoms with E-state index in [-0.39, 0.29) is 0 Å². The molecular formula is C7H12NS. The Balaban J connectivity index is 2.69. The first kappa shape index (κ1) is 8.84. The van der Waals surface area contributed by atoms with Gasteiger partial charge in [0.15, 0.2) is 0 Å². The summed E-state index contributed by atoms with van der Waals surface area (Å²) in [7, 11) is 0. The Labute approximate surface area is 61.4 Å². The highest BCUT2D eigenvalue weighted by molar-refractivity contribution is 8.05. The van der Waals surface area contributed by atoms with Gasteiger partial charge >= 0.3 is 0 Å². The molecule has 0 aliphatic rings. The van der Waals surface area contributed by atoms with Gasteiger partial charge in [-0.2, -0.15) is 5.26 Å². The quantitative estimate of drug-likeness (QED) is 0.435. The fraction of sp³-hybridized carbons (Fsp3) is 0.714. The molecule has 0 saturated carbocycles. The van der Waals surface area contributed by atoms with Crippen molar-refractivity contribution in [3.8, 4) is 5.40 Å². The second-order valence-corrected chi connectivity index (χ2v) is 2.62. The third kappa shape index (κ3) is 7.84. The first-order valence-corrected chi connectivity index (χ1v) is 4.16. The van der Waals surface area contributed by atoms with Gasteiger partial charge in [-0.05, 0) is 18.2 Å². The van der Waals surface area contributed by atoms with Crippen LogP contribution in [0.15, 0.2) is 0 Å². The fourth-order valence-electron chi connectivity index (χ4n) is 0.574. The van der Waals surface area contributed by atoms with Crippen LogP contribution in [-0.4, -0.2) is 0 Å². The summed E-state index contributed by atoms with van der Waals surface area (Å²) in [6.45, 7) is 2.18. The van der Waals surface area contributed by atoms with Crippen LogP contribution in [0.3, 0.4) is 0 Å². The molecule has 0 aliphatic carbocycles. The summed E-state index contributed by atoms with van der Waals surface area (Å²) in [4.78, 5) is 0. The minimum absolute atomic E-state index is 1.08. The number of hydrogen-bond acceptors (Lipinski definition) is 2. The molecule has 0 spiro atoms. The van der Waals surface area contributed by atoms with Crippen molar-refractivity contribution >= 4 is 11.8 Å². The van der Waals surface area contributed by atoms with E-state index >= 15 is 0 Å². The molecule has 0 unspecified atom stereocenters. The van der Waals surface area contributed by atoms with E-state index < -0.39 is 0 Å². The zero-order chi connectivity index (χ0) is 6.95. The minimum atomic E-state index is 1.08. The molecule has 0 heterocycles. The lowest BCUT2D eigenvalue weighted by Crippen LogP contribution is -1.72. The number of hydrogen-bond donors (Lipinski definition) is 0. The maximum Gasteiger partial charge on any atom is 0.133 e. The lowest BCUT2D eigenvalue weighted by molar-refractivity contribution is 0.724. The van der Waals surface area contributed by atoms with E-state index in [4.69, 9.17) is 5.26 Å². The zero-order valence-electron chi connectivity index (χ0n) is 5.76. The Morgan fingerprint density at radius 2 is 2.33 bits per heavy atom. The number of unbranched alkanes of at least 4 members (excludes halogenated alkanes) is 3. The number of rotatable bonds is 5. The molecular weight excluding hydrogens is 130 g/mol. The predicted octanol–water partition coefficient (Wildman–Crippen LogP) is 2.94. The van der Waals surface area contributed by atoms with E-state index in [0.717, 1.165) is 6.42 Å². The van der Waals surface area contributed by atoms with Gasteiger partial charge in [0.25, 0.3) is 0 Å². The van der Waals surface area contributed by atoms with Crippen molar-refractivity contribution in [3.05, 3.63) is 5.75 Å². The van der Waals surface area contributed by atoms with Crippen molar-refractivity contribution in [2.75, 3.05) is 0 Å². The van der Waals surface area contributed by atoms with E-state index in [1.54, 1.807) is 0 Å². The van der Waals surface area contributed by atoms with Crippen LogP contribution in [-0.2, 0) is 0 Å². The van der Waals surface area contributed by atoms with Crippen molar-refractivity contribution in [1.29, 1.82) is 5.26 Å². The highest BCUT2D eigenvalue weighted by Crippen LogP contribution is 2.10. The van der Waals surface area contributed by atoms with Crippen LogP contribution >= 0.6 is 11.8 Å².